The second-order valence-electron chi connectivity index (χ2n) is 3.92. The van der Waals surface area contributed by atoms with Crippen LogP contribution in [0.15, 0.2) is 11.6 Å². The lowest BCUT2D eigenvalue weighted by Crippen LogP contribution is -2.35. The molecule has 2 bridgehead atoms. The van der Waals surface area contributed by atoms with Gasteiger partial charge >= 0.3 is 0 Å². The van der Waals surface area contributed by atoms with Gasteiger partial charge in [0.05, 0.1) is 0 Å². The Morgan fingerprint density at radius 3 is 2.92 bits per heavy atom. The summed E-state index contributed by atoms with van der Waals surface area (Å²) in [6.07, 6.45) is 5.63. The topological polar surface area (TPSA) is 20.3 Å². The van der Waals surface area contributed by atoms with Gasteiger partial charge in [-0.1, -0.05) is 6.08 Å². The third-order valence-electron chi connectivity index (χ3n) is 3.20. The number of carbonyl (C=O) groups excluding carboxylic acids is 1. The number of Topliss-reactive ketones (excluding diaryl/α,β-unsaturated/α-hetero) is 1. The fourth-order valence-electron chi connectivity index (χ4n) is 2.30. The Balaban J connectivity index is 2.23. The van der Waals surface area contributed by atoms with Crippen LogP contribution in [0.5, 0.6) is 0 Å². The van der Waals surface area contributed by atoms with Gasteiger partial charge in [-0.05, 0) is 38.8 Å². The molecule has 2 aliphatic rings. The number of ketones is 1. The third-order valence-corrected chi connectivity index (χ3v) is 3.20. The molecule has 0 aliphatic carbocycles. The standard InChI is InChI=1S/C10H15NO/c1-7(12)8-5-9-3-4-10(6-8)11(9)2/h5,9-10H,3-4,6H2,1-2H3. The van der Waals surface area contributed by atoms with Crippen molar-refractivity contribution < 1.29 is 4.79 Å². The first-order valence-electron chi connectivity index (χ1n) is 4.62. The van der Waals surface area contributed by atoms with E-state index in [9.17, 15) is 4.79 Å². The van der Waals surface area contributed by atoms with Crippen molar-refractivity contribution in [2.45, 2.75) is 38.3 Å². The molecule has 2 aliphatic heterocycles. The summed E-state index contributed by atoms with van der Waals surface area (Å²) >= 11 is 0. The average Bonchev–Trinajstić information content (AvgIpc) is 2.30. The zero-order valence-electron chi connectivity index (χ0n) is 7.71. The number of rotatable bonds is 1. The van der Waals surface area contributed by atoms with Crippen LogP contribution < -0.4 is 0 Å². The minimum atomic E-state index is 0.264. The molecule has 1 saturated heterocycles. The normalized spacial score (nSPS) is 35.0. The highest BCUT2D eigenvalue weighted by atomic mass is 16.1. The molecule has 0 N–H and O–H groups in total. The van der Waals surface area contributed by atoms with Gasteiger partial charge in [-0.25, -0.2) is 0 Å². The predicted octanol–water partition coefficient (Wildman–Crippen LogP) is 1.37. The van der Waals surface area contributed by atoms with Crippen molar-refractivity contribution in [1.29, 1.82) is 0 Å². The van der Waals surface area contributed by atoms with Crippen LogP contribution in [0.1, 0.15) is 26.2 Å². The number of nitrogens with zero attached hydrogens (tertiary/aromatic N) is 1. The fraction of sp³-hybridized carbons (Fsp3) is 0.700. The van der Waals surface area contributed by atoms with Gasteiger partial charge in [0, 0.05) is 12.1 Å². The molecule has 0 aromatic rings. The SMILES string of the molecule is CC(=O)C1=CC2CCC(C1)N2C. The lowest BCUT2D eigenvalue weighted by molar-refractivity contribution is -0.114. The second kappa shape index (κ2) is 2.70. The van der Waals surface area contributed by atoms with Crippen LogP contribution >= 0.6 is 0 Å². The van der Waals surface area contributed by atoms with E-state index in [1.807, 2.05) is 0 Å². The highest BCUT2D eigenvalue weighted by molar-refractivity contribution is 5.93. The second-order valence-corrected chi connectivity index (χ2v) is 3.92. The summed E-state index contributed by atoms with van der Waals surface area (Å²) in [5, 5.41) is 0. The van der Waals surface area contributed by atoms with E-state index in [0.717, 1.165) is 12.0 Å². The Kier molecular flexibility index (Phi) is 1.80. The van der Waals surface area contributed by atoms with Gasteiger partial charge in [0.1, 0.15) is 0 Å². The van der Waals surface area contributed by atoms with Crippen LogP contribution in [0.3, 0.4) is 0 Å². The third kappa shape index (κ3) is 1.11. The molecule has 0 radical (unpaired) electrons. The molecule has 0 aromatic carbocycles. The van der Waals surface area contributed by atoms with E-state index in [2.05, 4.69) is 18.0 Å². The summed E-state index contributed by atoms with van der Waals surface area (Å²) in [6.45, 7) is 1.68. The summed E-state index contributed by atoms with van der Waals surface area (Å²) < 4.78 is 0. The van der Waals surface area contributed by atoms with E-state index in [4.69, 9.17) is 0 Å². The molecule has 2 rings (SSSR count). The largest absolute Gasteiger partial charge is 0.297 e. The van der Waals surface area contributed by atoms with E-state index < -0.39 is 0 Å². The maximum absolute atomic E-state index is 11.1. The number of fused-ring (bicyclic) bond motifs is 2. The van der Waals surface area contributed by atoms with Crippen LogP contribution in [0.2, 0.25) is 0 Å². The Bertz CT molecular complexity index is 244. The number of likely N-dealkylation sites (N-methyl/N-ethyl adjacent to an activating group) is 1. The summed E-state index contributed by atoms with van der Waals surface area (Å²) in [6, 6.07) is 1.18. The van der Waals surface area contributed by atoms with E-state index in [1.165, 1.54) is 12.8 Å². The van der Waals surface area contributed by atoms with Crippen LogP contribution in [-0.2, 0) is 4.79 Å². The molecule has 66 valence electrons. The predicted molar refractivity (Wildman–Crippen MR) is 48.0 cm³/mol. The molecule has 12 heavy (non-hydrogen) atoms. The highest BCUT2D eigenvalue weighted by Crippen LogP contribution is 2.33. The van der Waals surface area contributed by atoms with Crippen LogP contribution in [0.25, 0.3) is 0 Å². The maximum Gasteiger partial charge on any atom is 0.155 e. The lowest BCUT2D eigenvalue weighted by atomic mass is 9.99. The smallest absolute Gasteiger partial charge is 0.155 e. The Labute approximate surface area is 73.2 Å². The number of carbonyl (C=O) groups is 1. The van der Waals surface area contributed by atoms with Crippen molar-refractivity contribution in [3.05, 3.63) is 11.6 Å². The van der Waals surface area contributed by atoms with Gasteiger partial charge < -0.3 is 0 Å². The first-order chi connectivity index (χ1) is 5.68. The summed E-state index contributed by atoms with van der Waals surface area (Å²) in [7, 11) is 2.16. The van der Waals surface area contributed by atoms with E-state index in [-0.39, 0.29) is 5.78 Å². The molecule has 2 nitrogen and oxygen atoms in total. The van der Waals surface area contributed by atoms with Gasteiger partial charge in [-0.2, -0.15) is 0 Å². The van der Waals surface area contributed by atoms with Crippen molar-refractivity contribution in [2.75, 3.05) is 7.05 Å². The average molecular weight is 165 g/mol. The first kappa shape index (κ1) is 7.99. The fourth-order valence-corrected chi connectivity index (χ4v) is 2.30. The van der Waals surface area contributed by atoms with Gasteiger partial charge in [0.2, 0.25) is 0 Å². The quantitative estimate of drug-likeness (QED) is 0.585. The molecule has 2 unspecified atom stereocenters. The Morgan fingerprint density at radius 1 is 1.58 bits per heavy atom. The van der Waals surface area contributed by atoms with Crippen LogP contribution in [-0.4, -0.2) is 29.8 Å². The molecule has 0 aromatic heterocycles. The molecule has 0 spiro atoms. The van der Waals surface area contributed by atoms with E-state index in [1.54, 1.807) is 6.92 Å². The highest BCUT2D eigenvalue weighted by Gasteiger charge is 2.34. The molecular formula is C10H15NO. The van der Waals surface area contributed by atoms with Gasteiger partial charge in [-0.3, -0.25) is 9.69 Å². The molecule has 2 heterocycles. The summed E-state index contributed by atoms with van der Waals surface area (Å²) in [5.41, 5.74) is 1.06. The molecule has 0 saturated carbocycles. The van der Waals surface area contributed by atoms with Crippen molar-refractivity contribution in [3.8, 4) is 0 Å². The summed E-state index contributed by atoms with van der Waals surface area (Å²) in [5.74, 6) is 0.264. The van der Waals surface area contributed by atoms with Crippen LogP contribution in [0.4, 0.5) is 0 Å². The molecular weight excluding hydrogens is 150 g/mol. The van der Waals surface area contributed by atoms with Crippen molar-refractivity contribution in [2.24, 2.45) is 0 Å². The minimum Gasteiger partial charge on any atom is -0.297 e. The molecule has 0 amide bonds. The van der Waals surface area contributed by atoms with Crippen molar-refractivity contribution in [3.63, 3.8) is 0 Å². The Morgan fingerprint density at radius 2 is 2.33 bits per heavy atom. The molecule has 1 fully saturated rings. The zero-order chi connectivity index (χ0) is 8.72. The monoisotopic (exact) mass is 165 g/mol. The van der Waals surface area contributed by atoms with Gasteiger partial charge in [0.25, 0.3) is 0 Å². The summed E-state index contributed by atoms with van der Waals surface area (Å²) in [4.78, 5) is 13.5. The molecule has 2 atom stereocenters. The zero-order valence-corrected chi connectivity index (χ0v) is 7.71. The number of hydrogen-bond donors (Lipinski definition) is 0. The minimum absolute atomic E-state index is 0.264. The van der Waals surface area contributed by atoms with E-state index in [0.29, 0.717) is 12.1 Å². The van der Waals surface area contributed by atoms with Crippen molar-refractivity contribution >= 4 is 5.78 Å². The first-order valence-corrected chi connectivity index (χ1v) is 4.62. The maximum atomic E-state index is 11.1. The number of hydrogen-bond acceptors (Lipinski definition) is 2. The Hall–Kier alpha value is -0.630. The van der Waals surface area contributed by atoms with Gasteiger partial charge in [0.15, 0.2) is 5.78 Å². The van der Waals surface area contributed by atoms with Gasteiger partial charge in [-0.15, -0.1) is 0 Å². The van der Waals surface area contributed by atoms with Crippen molar-refractivity contribution in [1.82, 2.24) is 4.90 Å². The lowest BCUT2D eigenvalue weighted by Gasteiger charge is -2.29. The van der Waals surface area contributed by atoms with Crippen LogP contribution in [0, 0.1) is 0 Å². The van der Waals surface area contributed by atoms with E-state index >= 15 is 0 Å². The molecule has 2 heteroatoms.